The van der Waals surface area contributed by atoms with E-state index < -0.39 is 0 Å². The van der Waals surface area contributed by atoms with Crippen molar-refractivity contribution in [2.45, 2.75) is 75.8 Å². The molecule has 0 unspecified atom stereocenters. The highest BCUT2D eigenvalue weighted by Gasteiger charge is 2.35. The number of aliphatic hydroxyl groups excluding tert-OH is 1. The number of aromatic nitrogens is 2. The van der Waals surface area contributed by atoms with Crippen LogP contribution < -0.4 is 10.6 Å². The van der Waals surface area contributed by atoms with E-state index in [1.165, 1.54) is 42.8 Å². The Kier molecular flexibility index (Phi) is 8.30. The van der Waals surface area contributed by atoms with Crippen LogP contribution in [0.3, 0.4) is 0 Å². The first-order valence-corrected chi connectivity index (χ1v) is 13.2. The third kappa shape index (κ3) is 6.62. The van der Waals surface area contributed by atoms with E-state index in [9.17, 15) is 10.4 Å². The number of nitrogens with one attached hydrogen (secondary N) is 2. The Labute approximate surface area is 207 Å². The molecule has 1 aliphatic carbocycles. The molecule has 2 aromatic rings. The van der Waals surface area contributed by atoms with Gasteiger partial charge in [-0.3, -0.25) is 0 Å². The van der Waals surface area contributed by atoms with Crippen LogP contribution in [0.1, 0.15) is 63.5 Å². The monoisotopic (exact) mass is 480 g/mol. The topological polar surface area (TPSA) is 97.1 Å². The van der Waals surface area contributed by atoms with Crippen molar-refractivity contribution >= 4 is 23.7 Å². The van der Waals surface area contributed by atoms with Crippen LogP contribution >= 0.6 is 11.9 Å². The summed E-state index contributed by atoms with van der Waals surface area (Å²) in [7, 11) is 0. The fourth-order valence-electron chi connectivity index (χ4n) is 4.74. The SMILES string of the molecule is CC1(C)C[C@H](Nc2nc(NCCc3ccc(SN4CCCCC4)cc3)ncc2C#N)CC[C@@H]1O. The highest BCUT2D eigenvalue weighted by Crippen LogP contribution is 2.37. The van der Waals surface area contributed by atoms with Gasteiger partial charge in [0.15, 0.2) is 0 Å². The highest BCUT2D eigenvalue weighted by atomic mass is 32.2. The molecule has 0 bridgehead atoms. The van der Waals surface area contributed by atoms with Crippen LogP contribution in [0.4, 0.5) is 11.8 Å². The molecule has 2 heterocycles. The second-order valence-electron chi connectivity index (χ2n) is 10.1. The summed E-state index contributed by atoms with van der Waals surface area (Å²) >= 11 is 1.86. The minimum Gasteiger partial charge on any atom is -0.393 e. The summed E-state index contributed by atoms with van der Waals surface area (Å²) in [5.74, 6) is 1.09. The largest absolute Gasteiger partial charge is 0.393 e. The minimum atomic E-state index is -0.291. The number of nitriles is 1. The number of hydrogen-bond acceptors (Lipinski definition) is 8. The fourth-order valence-corrected chi connectivity index (χ4v) is 5.74. The smallest absolute Gasteiger partial charge is 0.224 e. The summed E-state index contributed by atoms with van der Waals surface area (Å²) in [6, 6.07) is 11.2. The Morgan fingerprint density at radius 1 is 1.18 bits per heavy atom. The van der Waals surface area contributed by atoms with Gasteiger partial charge in [0, 0.05) is 30.6 Å². The van der Waals surface area contributed by atoms with Gasteiger partial charge in [0.25, 0.3) is 0 Å². The third-order valence-electron chi connectivity index (χ3n) is 6.88. The fraction of sp³-hybridized carbons (Fsp3) is 0.577. The molecular weight excluding hydrogens is 444 g/mol. The molecule has 2 aliphatic rings. The van der Waals surface area contributed by atoms with E-state index in [2.05, 4.69) is 69.1 Å². The lowest BCUT2D eigenvalue weighted by molar-refractivity contribution is 0.00926. The molecule has 34 heavy (non-hydrogen) atoms. The van der Waals surface area contributed by atoms with Crippen LogP contribution in [-0.2, 0) is 6.42 Å². The van der Waals surface area contributed by atoms with Crippen molar-refractivity contribution in [3.8, 4) is 6.07 Å². The molecule has 0 spiro atoms. The van der Waals surface area contributed by atoms with Crippen molar-refractivity contribution in [1.29, 1.82) is 5.26 Å². The van der Waals surface area contributed by atoms with E-state index in [0.717, 1.165) is 25.7 Å². The second-order valence-corrected chi connectivity index (χ2v) is 11.3. The summed E-state index contributed by atoms with van der Waals surface area (Å²) in [5.41, 5.74) is 1.56. The lowest BCUT2D eigenvalue weighted by Gasteiger charge is -2.40. The van der Waals surface area contributed by atoms with Crippen molar-refractivity contribution in [2.24, 2.45) is 5.41 Å². The Morgan fingerprint density at radius 2 is 1.94 bits per heavy atom. The van der Waals surface area contributed by atoms with Gasteiger partial charge in [-0.1, -0.05) is 32.4 Å². The first-order valence-electron chi connectivity index (χ1n) is 12.4. The van der Waals surface area contributed by atoms with Gasteiger partial charge in [0.05, 0.1) is 12.3 Å². The lowest BCUT2D eigenvalue weighted by Crippen LogP contribution is -2.41. The summed E-state index contributed by atoms with van der Waals surface area (Å²) in [5, 5.41) is 26.5. The van der Waals surface area contributed by atoms with E-state index in [1.54, 1.807) is 6.20 Å². The van der Waals surface area contributed by atoms with Crippen molar-refractivity contribution in [3.05, 3.63) is 41.6 Å². The van der Waals surface area contributed by atoms with Crippen molar-refractivity contribution in [3.63, 3.8) is 0 Å². The van der Waals surface area contributed by atoms with Crippen LogP contribution in [0.5, 0.6) is 0 Å². The molecule has 4 rings (SSSR count). The molecule has 1 aliphatic heterocycles. The Morgan fingerprint density at radius 3 is 2.65 bits per heavy atom. The van der Waals surface area contributed by atoms with Crippen LogP contribution in [0, 0.1) is 16.7 Å². The Hall–Kier alpha value is -2.34. The van der Waals surface area contributed by atoms with Gasteiger partial charge in [-0.2, -0.15) is 10.2 Å². The zero-order valence-corrected chi connectivity index (χ0v) is 21.1. The average Bonchev–Trinajstić information content (AvgIpc) is 2.83. The second kappa shape index (κ2) is 11.4. The number of hydrogen-bond donors (Lipinski definition) is 3. The molecule has 8 heteroatoms. The quantitative estimate of drug-likeness (QED) is 0.462. The predicted octanol–water partition coefficient (Wildman–Crippen LogP) is 4.85. The highest BCUT2D eigenvalue weighted by molar-refractivity contribution is 7.97. The normalized spacial score (nSPS) is 22.6. The summed E-state index contributed by atoms with van der Waals surface area (Å²) < 4.78 is 2.46. The van der Waals surface area contributed by atoms with Crippen LogP contribution in [0.15, 0.2) is 35.4 Å². The predicted molar refractivity (Wildman–Crippen MR) is 138 cm³/mol. The molecule has 7 nitrogen and oxygen atoms in total. The van der Waals surface area contributed by atoms with Gasteiger partial charge in [0.1, 0.15) is 17.5 Å². The van der Waals surface area contributed by atoms with Gasteiger partial charge in [-0.25, -0.2) is 9.29 Å². The molecule has 3 N–H and O–H groups in total. The van der Waals surface area contributed by atoms with Gasteiger partial charge in [0.2, 0.25) is 5.95 Å². The minimum absolute atomic E-state index is 0.154. The van der Waals surface area contributed by atoms with Gasteiger partial charge in [-0.05, 0) is 73.6 Å². The number of piperidine rings is 1. The molecule has 0 amide bonds. The maximum absolute atomic E-state index is 10.2. The van der Waals surface area contributed by atoms with E-state index >= 15 is 0 Å². The average molecular weight is 481 g/mol. The molecule has 1 saturated heterocycles. The number of benzene rings is 1. The molecule has 1 saturated carbocycles. The number of anilines is 2. The third-order valence-corrected chi connectivity index (χ3v) is 7.99. The zero-order chi connectivity index (χ0) is 24.0. The summed E-state index contributed by atoms with van der Waals surface area (Å²) in [6.07, 6.45) is 8.54. The molecule has 2 fully saturated rings. The molecule has 2 atom stereocenters. The maximum atomic E-state index is 10.2. The first-order chi connectivity index (χ1) is 16.4. The van der Waals surface area contributed by atoms with Crippen molar-refractivity contribution in [2.75, 3.05) is 30.3 Å². The number of aliphatic hydroxyl groups is 1. The van der Waals surface area contributed by atoms with Crippen molar-refractivity contribution in [1.82, 2.24) is 14.3 Å². The Balaban J connectivity index is 1.29. The molecule has 182 valence electrons. The lowest BCUT2D eigenvalue weighted by atomic mass is 9.73. The first kappa shape index (κ1) is 24.8. The van der Waals surface area contributed by atoms with E-state index in [-0.39, 0.29) is 17.6 Å². The maximum Gasteiger partial charge on any atom is 0.224 e. The molecule has 1 aromatic carbocycles. The zero-order valence-electron chi connectivity index (χ0n) is 20.3. The van der Waals surface area contributed by atoms with Crippen LogP contribution in [0.2, 0.25) is 0 Å². The molecule has 0 radical (unpaired) electrons. The van der Waals surface area contributed by atoms with E-state index in [1.807, 2.05) is 11.9 Å². The Bertz CT molecular complexity index is 984. The number of rotatable bonds is 8. The van der Waals surface area contributed by atoms with Gasteiger partial charge >= 0.3 is 0 Å². The van der Waals surface area contributed by atoms with Crippen LogP contribution in [0.25, 0.3) is 0 Å². The number of nitrogens with zero attached hydrogens (tertiary/aromatic N) is 4. The summed E-state index contributed by atoms with van der Waals surface area (Å²) in [6.45, 7) is 7.24. The van der Waals surface area contributed by atoms with Crippen LogP contribution in [-0.4, -0.2) is 51.2 Å². The van der Waals surface area contributed by atoms with Crippen molar-refractivity contribution < 1.29 is 5.11 Å². The van der Waals surface area contributed by atoms with Gasteiger partial charge < -0.3 is 15.7 Å². The van der Waals surface area contributed by atoms with E-state index in [4.69, 9.17) is 0 Å². The summed E-state index contributed by atoms with van der Waals surface area (Å²) in [4.78, 5) is 10.2. The van der Waals surface area contributed by atoms with E-state index in [0.29, 0.717) is 23.9 Å². The molecular formula is C26H36N6OS. The standard InChI is InChI=1S/C26H36N6OS/c1-26(2)16-21(8-11-23(26)33)30-24-20(17-27)18-29-25(31-24)28-13-12-19-6-9-22(10-7-19)34-32-14-4-3-5-15-32/h6-7,9-10,18,21,23,33H,3-5,8,11-16H2,1-2H3,(H2,28,29,30,31)/t21-,23+/m1/s1. The molecule has 1 aromatic heterocycles. The van der Waals surface area contributed by atoms with Gasteiger partial charge in [-0.15, -0.1) is 0 Å².